The minimum Gasteiger partial charge on any atom is -0.490 e. The van der Waals surface area contributed by atoms with Crippen LogP contribution >= 0.6 is 0 Å². The highest BCUT2D eigenvalue weighted by Gasteiger charge is 2.23. The first-order chi connectivity index (χ1) is 9.95. The molecule has 6 heteroatoms. The van der Waals surface area contributed by atoms with Crippen LogP contribution < -0.4 is 14.8 Å². The predicted molar refractivity (Wildman–Crippen MR) is 77.5 cm³/mol. The molecule has 0 fully saturated rings. The molecule has 21 heavy (non-hydrogen) atoms. The van der Waals surface area contributed by atoms with Gasteiger partial charge in [0.15, 0.2) is 18.1 Å². The third kappa shape index (κ3) is 5.33. The fraction of sp³-hybridized carbons (Fsp3) is 0.467. The molecule has 6 nitrogen and oxygen atoms in total. The highest BCUT2D eigenvalue weighted by Crippen LogP contribution is 2.26. The van der Waals surface area contributed by atoms with E-state index in [1.807, 2.05) is 6.92 Å². The summed E-state index contributed by atoms with van der Waals surface area (Å²) in [7, 11) is 0. The average Bonchev–Trinajstić information content (AvgIpc) is 2.43. The van der Waals surface area contributed by atoms with Gasteiger partial charge in [0, 0.05) is 0 Å². The first kappa shape index (κ1) is 16.8. The Labute approximate surface area is 124 Å². The van der Waals surface area contributed by atoms with Crippen LogP contribution in [0.25, 0.3) is 0 Å². The van der Waals surface area contributed by atoms with Crippen LogP contribution in [0.4, 0.5) is 0 Å². The highest BCUT2D eigenvalue weighted by molar-refractivity contribution is 5.84. The molecule has 1 atom stereocenters. The molecule has 0 aliphatic rings. The van der Waals surface area contributed by atoms with E-state index in [0.717, 1.165) is 0 Å². The first-order valence-electron chi connectivity index (χ1n) is 6.82. The Morgan fingerprint density at radius 3 is 2.24 bits per heavy atom. The number of aliphatic carboxylic acids is 1. The van der Waals surface area contributed by atoms with Crippen molar-refractivity contribution in [2.45, 2.75) is 26.8 Å². The molecular weight excluding hydrogens is 274 g/mol. The van der Waals surface area contributed by atoms with Gasteiger partial charge in [-0.3, -0.25) is 4.79 Å². The number of carboxylic acid groups (broad SMARTS) is 1. The van der Waals surface area contributed by atoms with E-state index < -0.39 is 17.9 Å². The monoisotopic (exact) mass is 295 g/mol. The van der Waals surface area contributed by atoms with Crippen molar-refractivity contribution < 1.29 is 24.2 Å². The summed E-state index contributed by atoms with van der Waals surface area (Å²) in [6, 6.07) is 6.07. The van der Waals surface area contributed by atoms with Crippen molar-refractivity contribution in [1.29, 1.82) is 0 Å². The minimum absolute atomic E-state index is 0.206. The third-order valence-corrected chi connectivity index (χ3v) is 2.76. The molecule has 0 heterocycles. The Kier molecular flexibility index (Phi) is 6.52. The molecule has 1 aromatic rings. The van der Waals surface area contributed by atoms with Gasteiger partial charge in [0.05, 0.1) is 6.61 Å². The van der Waals surface area contributed by atoms with Crippen molar-refractivity contribution in [3.05, 3.63) is 24.3 Å². The molecule has 0 spiro atoms. The second-order valence-electron chi connectivity index (χ2n) is 4.80. The molecule has 1 rings (SSSR count). The van der Waals surface area contributed by atoms with Gasteiger partial charge in [-0.2, -0.15) is 0 Å². The predicted octanol–water partition coefficient (Wildman–Crippen LogP) is 1.69. The normalized spacial score (nSPS) is 11.8. The van der Waals surface area contributed by atoms with E-state index in [-0.39, 0.29) is 12.5 Å². The van der Waals surface area contributed by atoms with Crippen LogP contribution in [-0.2, 0) is 9.59 Å². The molecule has 0 aliphatic heterocycles. The molecule has 0 aliphatic carbocycles. The molecule has 116 valence electrons. The summed E-state index contributed by atoms with van der Waals surface area (Å²) in [5.74, 6) is -0.755. The van der Waals surface area contributed by atoms with Crippen molar-refractivity contribution in [2.75, 3.05) is 13.2 Å². The lowest BCUT2D eigenvalue weighted by Crippen LogP contribution is -2.46. The second-order valence-corrected chi connectivity index (χ2v) is 4.80. The summed E-state index contributed by atoms with van der Waals surface area (Å²) in [6.45, 7) is 5.53. The van der Waals surface area contributed by atoms with Gasteiger partial charge in [-0.05, 0) is 25.0 Å². The summed E-state index contributed by atoms with van der Waals surface area (Å²) in [4.78, 5) is 22.8. The fourth-order valence-corrected chi connectivity index (χ4v) is 1.72. The number of carbonyl (C=O) groups excluding carboxylic acids is 1. The number of hydrogen-bond acceptors (Lipinski definition) is 4. The Balaban J connectivity index is 2.59. The van der Waals surface area contributed by atoms with Crippen molar-refractivity contribution in [3.63, 3.8) is 0 Å². The lowest BCUT2D eigenvalue weighted by Gasteiger charge is -2.18. The van der Waals surface area contributed by atoms with Gasteiger partial charge in [0.2, 0.25) is 0 Å². The summed E-state index contributed by atoms with van der Waals surface area (Å²) in [5.41, 5.74) is 0. The summed E-state index contributed by atoms with van der Waals surface area (Å²) in [5, 5.41) is 11.4. The van der Waals surface area contributed by atoms with Crippen LogP contribution in [0, 0.1) is 5.92 Å². The maximum absolute atomic E-state index is 11.8. The van der Waals surface area contributed by atoms with Crippen LogP contribution in [0.1, 0.15) is 20.8 Å². The third-order valence-electron chi connectivity index (χ3n) is 2.76. The van der Waals surface area contributed by atoms with Crippen molar-refractivity contribution in [1.82, 2.24) is 5.32 Å². The van der Waals surface area contributed by atoms with E-state index in [0.29, 0.717) is 18.1 Å². The summed E-state index contributed by atoms with van der Waals surface area (Å²) >= 11 is 0. The lowest BCUT2D eigenvalue weighted by atomic mass is 10.1. The minimum atomic E-state index is -1.06. The molecule has 0 bridgehead atoms. The topological polar surface area (TPSA) is 84.9 Å². The summed E-state index contributed by atoms with van der Waals surface area (Å²) < 4.78 is 10.8. The smallest absolute Gasteiger partial charge is 0.326 e. The van der Waals surface area contributed by atoms with Crippen LogP contribution in [0.15, 0.2) is 24.3 Å². The van der Waals surface area contributed by atoms with Gasteiger partial charge >= 0.3 is 5.97 Å². The standard InChI is InChI=1S/C15H21NO5/c1-4-20-11-7-5-6-8-12(11)21-9-13(17)16-14(10(2)3)15(18)19/h5-8,10,14H,4,9H2,1-3H3,(H,16,17)(H,18,19)/t14-/m1/s1. The van der Waals surface area contributed by atoms with Crippen molar-refractivity contribution >= 4 is 11.9 Å². The molecule has 1 aromatic carbocycles. The van der Waals surface area contributed by atoms with Crippen LogP contribution in [0.5, 0.6) is 11.5 Å². The Bertz CT molecular complexity index is 487. The van der Waals surface area contributed by atoms with Crippen molar-refractivity contribution in [3.8, 4) is 11.5 Å². The lowest BCUT2D eigenvalue weighted by molar-refractivity contribution is -0.143. The van der Waals surface area contributed by atoms with E-state index in [9.17, 15) is 9.59 Å². The molecule has 0 unspecified atom stereocenters. The zero-order valence-electron chi connectivity index (χ0n) is 12.5. The molecule has 0 aromatic heterocycles. The molecule has 1 amide bonds. The summed E-state index contributed by atoms with van der Waals surface area (Å²) in [6.07, 6.45) is 0. The molecule has 0 saturated heterocycles. The SMILES string of the molecule is CCOc1ccccc1OCC(=O)N[C@@H](C(=O)O)C(C)C. The van der Waals surface area contributed by atoms with Gasteiger partial charge in [-0.1, -0.05) is 26.0 Å². The number of carboxylic acids is 1. The van der Waals surface area contributed by atoms with E-state index in [2.05, 4.69) is 5.32 Å². The zero-order valence-corrected chi connectivity index (χ0v) is 12.5. The number of carbonyl (C=O) groups is 2. The average molecular weight is 295 g/mol. The van der Waals surface area contributed by atoms with E-state index in [1.54, 1.807) is 38.1 Å². The number of nitrogens with one attached hydrogen (secondary N) is 1. The van der Waals surface area contributed by atoms with Crippen LogP contribution in [0.2, 0.25) is 0 Å². The van der Waals surface area contributed by atoms with Crippen molar-refractivity contribution in [2.24, 2.45) is 5.92 Å². The van der Waals surface area contributed by atoms with Gasteiger partial charge in [0.25, 0.3) is 5.91 Å². The molecule has 2 N–H and O–H groups in total. The Morgan fingerprint density at radius 2 is 1.76 bits per heavy atom. The number of rotatable bonds is 8. The number of benzene rings is 1. The highest BCUT2D eigenvalue weighted by atomic mass is 16.5. The largest absolute Gasteiger partial charge is 0.490 e. The Morgan fingerprint density at radius 1 is 1.19 bits per heavy atom. The zero-order chi connectivity index (χ0) is 15.8. The first-order valence-corrected chi connectivity index (χ1v) is 6.82. The fourth-order valence-electron chi connectivity index (χ4n) is 1.72. The quantitative estimate of drug-likeness (QED) is 0.762. The van der Waals surface area contributed by atoms with Gasteiger partial charge < -0.3 is 19.9 Å². The number of para-hydroxylation sites is 2. The molecule has 0 radical (unpaired) electrons. The van der Waals surface area contributed by atoms with Crippen LogP contribution in [0.3, 0.4) is 0 Å². The van der Waals surface area contributed by atoms with Gasteiger partial charge in [-0.15, -0.1) is 0 Å². The number of hydrogen-bond donors (Lipinski definition) is 2. The second kappa shape index (κ2) is 8.14. The van der Waals surface area contributed by atoms with Crippen LogP contribution in [-0.4, -0.2) is 36.2 Å². The van der Waals surface area contributed by atoms with Gasteiger partial charge in [-0.25, -0.2) is 4.79 Å². The number of amides is 1. The Hall–Kier alpha value is -2.24. The van der Waals surface area contributed by atoms with E-state index >= 15 is 0 Å². The molecule has 0 saturated carbocycles. The maximum Gasteiger partial charge on any atom is 0.326 e. The van der Waals surface area contributed by atoms with Gasteiger partial charge in [0.1, 0.15) is 6.04 Å². The number of ether oxygens (including phenoxy) is 2. The van der Waals surface area contributed by atoms with E-state index in [1.165, 1.54) is 0 Å². The van der Waals surface area contributed by atoms with E-state index in [4.69, 9.17) is 14.6 Å². The molecular formula is C15H21NO5. The maximum atomic E-state index is 11.8.